The molecule has 0 aliphatic carbocycles. The highest BCUT2D eigenvalue weighted by Gasteiger charge is 2.35. The fourth-order valence-corrected chi connectivity index (χ4v) is 5.57. The lowest BCUT2D eigenvalue weighted by molar-refractivity contribution is 0.0437. The number of carboxylic acid groups (broad SMARTS) is 1. The summed E-state index contributed by atoms with van der Waals surface area (Å²) in [5.41, 5.74) is 3.11. The van der Waals surface area contributed by atoms with E-state index >= 15 is 0 Å². The Labute approximate surface area is 321 Å². The van der Waals surface area contributed by atoms with Crippen molar-refractivity contribution in [3.63, 3.8) is 0 Å². The van der Waals surface area contributed by atoms with Crippen LogP contribution in [-0.2, 0) is 9.47 Å². The number of fused-ring (bicyclic) bond motifs is 1. The van der Waals surface area contributed by atoms with E-state index in [0.717, 1.165) is 0 Å². The Morgan fingerprint density at radius 3 is 1.13 bits per heavy atom. The number of carboxylic acids is 1. The zero-order valence-electron chi connectivity index (χ0n) is 27.1. The predicted molar refractivity (Wildman–Crippen MR) is 199 cm³/mol. The van der Waals surface area contributed by atoms with Crippen molar-refractivity contribution >= 4 is 70.3 Å². The number of esters is 3. The van der Waals surface area contributed by atoms with Crippen molar-refractivity contribution in [3.05, 3.63) is 140 Å². The molecular formula is C38H22Cl4N4O7. The molecule has 0 radical (unpaired) electrons. The van der Waals surface area contributed by atoms with E-state index < -0.39 is 29.6 Å². The van der Waals surface area contributed by atoms with E-state index in [-0.39, 0.29) is 23.7 Å². The second-order valence-electron chi connectivity index (χ2n) is 11.0. The molecule has 264 valence electrons. The number of hydrogen-bond acceptors (Lipinski definition) is 10. The third kappa shape index (κ3) is 8.19. The monoisotopic (exact) mass is 786 g/mol. The molecule has 0 spiro atoms. The van der Waals surface area contributed by atoms with Crippen LogP contribution >= 0.6 is 46.4 Å². The average molecular weight is 788 g/mol. The maximum atomic E-state index is 12.3. The number of nitrogens with zero attached hydrogens (tertiary/aromatic N) is 4. The molecule has 0 bridgehead atoms. The van der Waals surface area contributed by atoms with Gasteiger partial charge in [-0.25, -0.2) is 39.1 Å². The summed E-state index contributed by atoms with van der Waals surface area (Å²) in [6.07, 6.45) is 0. The summed E-state index contributed by atoms with van der Waals surface area (Å²) in [6.45, 7) is 1.70. The summed E-state index contributed by atoms with van der Waals surface area (Å²) in [4.78, 5) is 64.9. The Morgan fingerprint density at radius 1 is 0.528 bits per heavy atom. The van der Waals surface area contributed by atoms with Gasteiger partial charge in [-0.3, -0.25) is 0 Å². The van der Waals surface area contributed by atoms with Crippen molar-refractivity contribution in [1.29, 1.82) is 0 Å². The number of hydrogen-bond donors (Lipinski definition) is 1. The van der Waals surface area contributed by atoms with Crippen LogP contribution < -0.4 is 0 Å². The molecule has 4 aromatic carbocycles. The normalized spacial score (nSPS) is 11.6. The first-order valence-corrected chi connectivity index (χ1v) is 17.0. The molecule has 2 aromatic heterocycles. The SMILES string of the molecule is CCOC(=O)c1nc(-c2ccc(Cl)cc2)c(-c2ccc(Cl)cc2)nc1C(=O)O.O=C1OC(=O)c2nc(-c3ccc(Cl)cc3)c(-c3ccc(Cl)cc3)nc21. The second kappa shape index (κ2) is 15.9. The molecule has 0 saturated heterocycles. The number of carbonyl (C=O) groups excluding carboxylic acids is 3. The van der Waals surface area contributed by atoms with Crippen molar-refractivity contribution in [2.24, 2.45) is 0 Å². The van der Waals surface area contributed by atoms with Crippen LogP contribution in [0.25, 0.3) is 45.0 Å². The van der Waals surface area contributed by atoms with Crippen LogP contribution in [-0.4, -0.2) is 55.5 Å². The molecule has 7 rings (SSSR count). The molecule has 1 aliphatic rings. The number of benzene rings is 4. The van der Waals surface area contributed by atoms with Crippen LogP contribution in [0.15, 0.2) is 97.1 Å². The van der Waals surface area contributed by atoms with Gasteiger partial charge in [0.1, 0.15) is 0 Å². The highest BCUT2D eigenvalue weighted by Crippen LogP contribution is 2.34. The zero-order chi connectivity index (χ0) is 37.8. The minimum absolute atomic E-state index is 0.0782. The van der Waals surface area contributed by atoms with E-state index in [1.54, 1.807) is 104 Å². The average Bonchev–Trinajstić information content (AvgIpc) is 3.43. The molecular weight excluding hydrogens is 766 g/mol. The van der Waals surface area contributed by atoms with Gasteiger partial charge in [-0.15, -0.1) is 0 Å². The summed E-state index contributed by atoms with van der Waals surface area (Å²) in [5.74, 6) is -3.84. The number of ether oxygens (including phenoxy) is 2. The van der Waals surface area contributed by atoms with Gasteiger partial charge >= 0.3 is 23.9 Å². The number of rotatable bonds is 7. The molecule has 1 N–H and O–H groups in total. The van der Waals surface area contributed by atoms with E-state index in [4.69, 9.17) is 51.1 Å². The van der Waals surface area contributed by atoms with Crippen LogP contribution in [0.5, 0.6) is 0 Å². The molecule has 0 saturated carbocycles. The first-order chi connectivity index (χ1) is 25.4. The molecule has 53 heavy (non-hydrogen) atoms. The summed E-state index contributed by atoms with van der Waals surface area (Å²) in [6, 6.07) is 27.3. The Balaban J connectivity index is 0.000000182. The van der Waals surface area contributed by atoms with Gasteiger partial charge in [0.2, 0.25) is 0 Å². The van der Waals surface area contributed by atoms with E-state index in [9.17, 15) is 24.3 Å². The molecule has 15 heteroatoms. The van der Waals surface area contributed by atoms with Gasteiger partial charge in [0, 0.05) is 42.3 Å². The van der Waals surface area contributed by atoms with Gasteiger partial charge in [0.05, 0.1) is 29.4 Å². The highest BCUT2D eigenvalue weighted by molar-refractivity contribution is 6.31. The van der Waals surface area contributed by atoms with E-state index in [1.165, 1.54) is 0 Å². The summed E-state index contributed by atoms with van der Waals surface area (Å²) >= 11 is 23.8. The Morgan fingerprint density at radius 2 is 0.830 bits per heavy atom. The maximum Gasteiger partial charge on any atom is 0.367 e. The third-order valence-electron chi connectivity index (χ3n) is 7.51. The Kier molecular flexibility index (Phi) is 11.1. The van der Waals surface area contributed by atoms with Crippen molar-refractivity contribution in [2.45, 2.75) is 6.92 Å². The van der Waals surface area contributed by atoms with Gasteiger partial charge in [-0.05, 0) is 55.5 Å². The Bertz CT molecular complexity index is 2310. The van der Waals surface area contributed by atoms with E-state index in [0.29, 0.717) is 65.1 Å². The highest BCUT2D eigenvalue weighted by atomic mass is 35.5. The fraction of sp³-hybridized carbons (Fsp3) is 0.0526. The topological polar surface area (TPSA) is 159 Å². The number of aromatic carboxylic acids is 1. The maximum absolute atomic E-state index is 12.3. The summed E-state index contributed by atoms with van der Waals surface area (Å²) < 4.78 is 9.55. The predicted octanol–water partition coefficient (Wildman–Crippen LogP) is 9.42. The molecule has 11 nitrogen and oxygen atoms in total. The first-order valence-electron chi connectivity index (χ1n) is 15.5. The van der Waals surface area contributed by atoms with Gasteiger partial charge in [-0.2, -0.15) is 0 Å². The van der Waals surface area contributed by atoms with Crippen molar-refractivity contribution in [2.75, 3.05) is 6.61 Å². The molecule has 0 fully saturated rings. The summed E-state index contributed by atoms with van der Waals surface area (Å²) in [5, 5.41) is 11.7. The third-order valence-corrected chi connectivity index (χ3v) is 8.51. The number of aromatic nitrogens is 4. The zero-order valence-corrected chi connectivity index (χ0v) is 30.2. The van der Waals surface area contributed by atoms with E-state index in [2.05, 4.69) is 24.7 Å². The smallest absolute Gasteiger partial charge is 0.367 e. The lowest BCUT2D eigenvalue weighted by Gasteiger charge is -2.13. The van der Waals surface area contributed by atoms with Crippen LogP contribution in [0, 0.1) is 0 Å². The number of cyclic esters (lactones) is 2. The number of carbonyl (C=O) groups is 4. The summed E-state index contributed by atoms with van der Waals surface area (Å²) in [7, 11) is 0. The molecule has 0 unspecified atom stereocenters. The van der Waals surface area contributed by atoms with Crippen LogP contribution in [0.3, 0.4) is 0 Å². The molecule has 0 atom stereocenters. The van der Waals surface area contributed by atoms with Crippen LogP contribution in [0.2, 0.25) is 20.1 Å². The molecule has 0 amide bonds. The van der Waals surface area contributed by atoms with Crippen molar-refractivity contribution in [3.8, 4) is 45.0 Å². The van der Waals surface area contributed by atoms with Crippen molar-refractivity contribution < 1.29 is 33.8 Å². The largest absolute Gasteiger partial charge is 0.476 e. The first kappa shape index (κ1) is 37.1. The molecule has 3 heterocycles. The van der Waals surface area contributed by atoms with Gasteiger partial charge < -0.3 is 14.6 Å². The Hall–Kier alpha value is -5.72. The number of halogens is 4. The van der Waals surface area contributed by atoms with Crippen molar-refractivity contribution in [1.82, 2.24) is 19.9 Å². The minimum Gasteiger partial charge on any atom is -0.476 e. The molecule has 1 aliphatic heterocycles. The van der Waals surface area contributed by atoms with Crippen LogP contribution in [0.4, 0.5) is 0 Å². The lowest BCUT2D eigenvalue weighted by Crippen LogP contribution is -2.17. The van der Waals surface area contributed by atoms with Gasteiger partial charge in [0.25, 0.3) is 0 Å². The van der Waals surface area contributed by atoms with E-state index in [1.807, 2.05) is 0 Å². The van der Waals surface area contributed by atoms with Gasteiger partial charge in [0.15, 0.2) is 22.8 Å². The second-order valence-corrected chi connectivity index (χ2v) is 12.7. The molecule has 6 aromatic rings. The fourth-order valence-electron chi connectivity index (χ4n) is 5.06. The lowest BCUT2D eigenvalue weighted by atomic mass is 10.0. The van der Waals surface area contributed by atoms with Crippen LogP contribution in [0.1, 0.15) is 48.9 Å². The van der Waals surface area contributed by atoms with Gasteiger partial charge in [-0.1, -0.05) is 94.9 Å². The minimum atomic E-state index is -1.38. The quantitative estimate of drug-likeness (QED) is 0.121. The standard InChI is InChI=1S/C20H14Cl2N2O4.C18H8Cl2N2O3/c1-2-28-20(27)18-17(19(25)26)23-15(11-3-7-13(21)8-4-11)16(24-18)12-5-9-14(22)10-6-12;19-11-5-1-9(2-6-11)13-14(10-3-7-12(20)8-4-10)22-16-15(21-13)17(23)25-18(16)24/h3-10H,2H2,1H3,(H,25,26);1-8H.